The first-order valence-corrected chi connectivity index (χ1v) is 7.41. The molecule has 3 rings (SSSR count). The number of nitrogens with zero attached hydrogens (tertiary/aromatic N) is 1. The van der Waals surface area contributed by atoms with Crippen LogP contribution in [-0.2, 0) is 17.9 Å². The maximum atomic E-state index is 9.58. The molecule has 0 saturated carbocycles. The monoisotopic (exact) mass is 283 g/mol. The number of aliphatic hydroxyl groups excluding tert-OH is 1. The van der Waals surface area contributed by atoms with Crippen LogP contribution in [0.3, 0.4) is 0 Å². The van der Waals surface area contributed by atoms with E-state index in [1.165, 1.54) is 11.1 Å². The minimum atomic E-state index is 0.105. The highest BCUT2D eigenvalue weighted by Crippen LogP contribution is 2.24. The molecule has 1 heterocycles. The summed E-state index contributed by atoms with van der Waals surface area (Å²) in [6, 6.07) is 20.6. The Hall–Kier alpha value is -1.68. The lowest BCUT2D eigenvalue weighted by Gasteiger charge is -2.47. The molecule has 2 atom stereocenters. The summed E-state index contributed by atoms with van der Waals surface area (Å²) in [5.41, 5.74) is 2.45. The molecule has 0 radical (unpaired) electrons. The molecule has 1 saturated heterocycles. The average molecular weight is 283 g/mol. The molecule has 110 valence electrons. The predicted octanol–water partition coefficient (Wildman–Crippen LogP) is 2.45. The summed E-state index contributed by atoms with van der Waals surface area (Å²) in [5, 5.41) is 9.58. The van der Waals surface area contributed by atoms with E-state index in [1.54, 1.807) is 0 Å². The van der Waals surface area contributed by atoms with Gasteiger partial charge < -0.3 is 9.84 Å². The maximum absolute atomic E-state index is 9.58. The second kappa shape index (κ2) is 6.85. The van der Waals surface area contributed by atoms with Crippen LogP contribution >= 0.6 is 0 Å². The van der Waals surface area contributed by atoms with E-state index in [2.05, 4.69) is 29.2 Å². The SMILES string of the molecule is OC[C@H]1[C@H](OCc2ccccc2)CN1Cc1ccccc1. The lowest BCUT2D eigenvalue weighted by Crippen LogP contribution is -2.62. The molecule has 1 aliphatic heterocycles. The van der Waals surface area contributed by atoms with Crippen LogP contribution in [0.25, 0.3) is 0 Å². The Morgan fingerprint density at radius 1 is 0.952 bits per heavy atom. The lowest BCUT2D eigenvalue weighted by atomic mass is 9.98. The first-order valence-electron chi connectivity index (χ1n) is 7.41. The van der Waals surface area contributed by atoms with Crippen LogP contribution in [0.2, 0.25) is 0 Å². The summed E-state index contributed by atoms with van der Waals surface area (Å²) in [7, 11) is 0. The van der Waals surface area contributed by atoms with E-state index >= 15 is 0 Å². The fourth-order valence-corrected chi connectivity index (χ4v) is 2.76. The minimum Gasteiger partial charge on any atom is -0.395 e. The van der Waals surface area contributed by atoms with Crippen LogP contribution in [0.15, 0.2) is 60.7 Å². The molecular formula is C18H21NO2. The molecule has 0 aliphatic carbocycles. The Labute approximate surface area is 125 Å². The number of hydrogen-bond donors (Lipinski definition) is 1. The average Bonchev–Trinajstić information content (AvgIpc) is 2.52. The molecule has 0 unspecified atom stereocenters. The molecule has 0 amide bonds. The van der Waals surface area contributed by atoms with Crippen molar-refractivity contribution in [2.24, 2.45) is 0 Å². The van der Waals surface area contributed by atoms with Gasteiger partial charge in [0.2, 0.25) is 0 Å². The van der Waals surface area contributed by atoms with Crippen molar-refractivity contribution in [1.29, 1.82) is 0 Å². The van der Waals surface area contributed by atoms with Crippen molar-refractivity contribution in [1.82, 2.24) is 4.90 Å². The van der Waals surface area contributed by atoms with Crippen molar-refractivity contribution in [3.63, 3.8) is 0 Å². The van der Waals surface area contributed by atoms with E-state index in [9.17, 15) is 5.11 Å². The molecule has 3 heteroatoms. The van der Waals surface area contributed by atoms with Crippen LogP contribution in [0.4, 0.5) is 0 Å². The molecule has 0 aromatic heterocycles. The fraction of sp³-hybridized carbons (Fsp3) is 0.333. The Morgan fingerprint density at radius 3 is 2.19 bits per heavy atom. The highest BCUT2D eigenvalue weighted by atomic mass is 16.5. The van der Waals surface area contributed by atoms with Crippen LogP contribution < -0.4 is 0 Å². The lowest BCUT2D eigenvalue weighted by molar-refractivity contribution is -0.128. The summed E-state index contributed by atoms with van der Waals surface area (Å²) < 4.78 is 5.93. The normalized spacial score (nSPS) is 22.0. The van der Waals surface area contributed by atoms with Crippen LogP contribution in [0.1, 0.15) is 11.1 Å². The van der Waals surface area contributed by atoms with Gasteiger partial charge in [-0.2, -0.15) is 0 Å². The molecule has 0 spiro atoms. The first kappa shape index (κ1) is 14.3. The number of rotatable bonds is 6. The predicted molar refractivity (Wildman–Crippen MR) is 82.7 cm³/mol. The fourth-order valence-electron chi connectivity index (χ4n) is 2.76. The van der Waals surface area contributed by atoms with Gasteiger partial charge in [-0.05, 0) is 11.1 Å². The van der Waals surface area contributed by atoms with Crippen molar-refractivity contribution in [2.45, 2.75) is 25.3 Å². The van der Waals surface area contributed by atoms with Gasteiger partial charge in [-0.3, -0.25) is 4.90 Å². The van der Waals surface area contributed by atoms with Crippen molar-refractivity contribution in [2.75, 3.05) is 13.2 Å². The molecule has 3 nitrogen and oxygen atoms in total. The first-order chi connectivity index (χ1) is 10.4. The van der Waals surface area contributed by atoms with Gasteiger partial charge in [-0.1, -0.05) is 60.7 Å². The van der Waals surface area contributed by atoms with Gasteiger partial charge in [0.05, 0.1) is 25.4 Å². The van der Waals surface area contributed by atoms with Crippen molar-refractivity contribution >= 4 is 0 Å². The second-order valence-corrected chi connectivity index (χ2v) is 5.50. The summed E-state index contributed by atoms with van der Waals surface area (Å²) in [5.74, 6) is 0. The third-order valence-corrected chi connectivity index (χ3v) is 4.04. The third-order valence-electron chi connectivity index (χ3n) is 4.04. The maximum Gasteiger partial charge on any atom is 0.0884 e. The quantitative estimate of drug-likeness (QED) is 0.884. The highest BCUT2D eigenvalue weighted by Gasteiger charge is 2.38. The number of hydrogen-bond acceptors (Lipinski definition) is 3. The van der Waals surface area contributed by atoms with Crippen LogP contribution in [-0.4, -0.2) is 35.3 Å². The van der Waals surface area contributed by atoms with Gasteiger partial charge in [0, 0.05) is 13.1 Å². The molecule has 21 heavy (non-hydrogen) atoms. The zero-order valence-electron chi connectivity index (χ0n) is 12.1. The molecule has 0 bridgehead atoms. The molecule has 2 aromatic carbocycles. The van der Waals surface area contributed by atoms with Gasteiger partial charge in [-0.25, -0.2) is 0 Å². The number of benzene rings is 2. The molecule has 2 aromatic rings. The highest BCUT2D eigenvalue weighted by molar-refractivity contribution is 5.16. The van der Waals surface area contributed by atoms with Gasteiger partial charge in [0.15, 0.2) is 0 Å². The number of aliphatic hydroxyl groups is 1. The zero-order valence-corrected chi connectivity index (χ0v) is 12.1. The van der Waals surface area contributed by atoms with Crippen molar-refractivity contribution in [3.05, 3.63) is 71.8 Å². The molecule has 1 N–H and O–H groups in total. The van der Waals surface area contributed by atoms with Gasteiger partial charge in [0.25, 0.3) is 0 Å². The van der Waals surface area contributed by atoms with Gasteiger partial charge in [-0.15, -0.1) is 0 Å². The van der Waals surface area contributed by atoms with E-state index in [1.807, 2.05) is 36.4 Å². The Bertz CT molecular complexity index is 544. The topological polar surface area (TPSA) is 32.7 Å². The summed E-state index contributed by atoms with van der Waals surface area (Å²) >= 11 is 0. The summed E-state index contributed by atoms with van der Waals surface area (Å²) in [4.78, 5) is 2.27. The van der Waals surface area contributed by atoms with Crippen LogP contribution in [0, 0.1) is 0 Å². The van der Waals surface area contributed by atoms with Gasteiger partial charge in [0.1, 0.15) is 0 Å². The van der Waals surface area contributed by atoms with Crippen molar-refractivity contribution < 1.29 is 9.84 Å². The smallest absolute Gasteiger partial charge is 0.0884 e. The van der Waals surface area contributed by atoms with Crippen LogP contribution in [0.5, 0.6) is 0 Å². The van der Waals surface area contributed by atoms with E-state index in [-0.39, 0.29) is 18.8 Å². The zero-order chi connectivity index (χ0) is 14.5. The summed E-state index contributed by atoms with van der Waals surface area (Å²) in [6.07, 6.45) is 0.124. The Balaban J connectivity index is 1.51. The number of likely N-dealkylation sites (tertiary alicyclic amines) is 1. The van der Waals surface area contributed by atoms with E-state index in [4.69, 9.17) is 4.74 Å². The summed E-state index contributed by atoms with van der Waals surface area (Å²) in [6.45, 7) is 2.51. The number of ether oxygens (including phenoxy) is 1. The standard InChI is InChI=1S/C18H21NO2/c20-13-17-18(21-14-16-9-5-2-6-10-16)12-19(17)11-15-7-3-1-4-8-15/h1-10,17-18,20H,11-14H2/t17-,18+/m0/s1. The molecular weight excluding hydrogens is 262 g/mol. The largest absolute Gasteiger partial charge is 0.395 e. The van der Waals surface area contributed by atoms with E-state index in [0.717, 1.165) is 13.1 Å². The van der Waals surface area contributed by atoms with E-state index in [0.29, 0.717) is 6.61 Å². The van der Waals surface area contributed by atoms with Gasteiger partial charge >= 0.3 is 0 Å². The molecule has 1 fully saturated rings. The van der Waals surface area contributed by atoms with Crippen molar-refractivity contribution in [3.8, 4) is 0 Å². The minimum absolute atomic E-state index is 0.105. The Morgan fingerprint density at radius 2 is 1.57 bits per heavy atom. The third kappa shape index (κ3) is 3.50. The molecule has 1 aliphatic rings. The van der Waals surface area contributed by atoms with E-state index < -0.39 is 0 Å². The Kier molecular flexibility index (Phi) is 4.65. The second-order valence-electron chi connectivity index (χ2n) is 5.50.